The SMILES string of the molecule is Cc1noc(C(C)NC(=O)Nc2ccc(Br)c(C)c2)n1. The van der Waals surface area contributed by atoms with E-state index in [0.29, 0.717) is 11.7 Å². The lowest BCUT2D eigenvalue weighted by atomic mass is 10.2. The second kappa shape index (κ2) is 6.04. The third kappa shape index (κ3) is 3.57. The van der Waals surface area contributed by atoms with Gasteiger partial charge in [-0.3, -0.25) is 0 Å². The molecule has 0 radical (unpaired) electrons. The number of nitrogens with one attached hydrogen (secondary N) is 2. The summed E-state index contributed by atoms with van der Waals surface area (Å²) in [6, 6.07) is 4.90. The number of carbonyl (C=O) groups is 1. The van der Waals surface area contributed by atoms with Crippen molar-refractivity contribution in [3.05, 3.63) is 40.0 Å². The maximum Gasteiger partial charge on any atom is 0.319 e. The fourth-order valence-corrected chi connectivity index (χ4v) is 1.88. The van der Waals surface area contributed by atoms with E-state index >= 15 is 0 Å². The van der Waals surface area contributed by atoms with Crippen LogP contribution >= 0.6 is 15.9 Å². The molecular weight excluding hydrogens is 324 g/mol. The Kier molecular flexibility index (Phi) is 4.39. The van der Waals surface area contributed by atoms with Crippen LogP contribution < -0.4 is 10.6 Å². The van der Waals surface area contributed by atoms with E-state index in [1.807, 2.05) is 25.1 Å². The molecule has 0 saturated carbocycles. The van der Waals surface area contributed by atoms with E-state index in [-0.39, 0.29) is 12.1 Å². The Morgan fingerprint density at radius 1 is 1.40 bits per heavy atom. The number of amides is 2. The van der Waals surface area contributed by atoms with Gasteiger partial charge in [-0.2, -0.15) is 4.98 Å². The van der Waals surface area contributed by atoms with Crippen LogP contribution in [0.25, 0.3) is 0 Å². The van der Waals surface area contributed by atoms with Gasteiger partial charge in [-0.15, -0.1) is 0 Å². The molecule has 2 rings (SSSR count). The topological polar surface area (TPSA) is 80.0 Å². The Balaban J connectivity index is 1.96. The van der Waals surface area contributed by atoms with E-state index in [4.69, 9.17) is 4.52 Å². The third-order valence-electron chi connectivity index (χ3n) is 2.68. The summed E-state index contributed by atoms with van der Waals surface area (Å²) in [6.07, 6.45) is 0. The number of nitrogens with zero attached hydrogens (tertiary/aromatic N) is 2. The van der Waals surface area contributed by atoms with Crippen LogP contribution in [-0.4, -0.2) is 16.2 Å². The van der Waals surface area contributed by atoms with Crippen LogP contribution in [-0.2, 0) is 0 Å². The first-order valence-corrected chi connectivity index (χ1v) is 6.89. The number of carbonyl (C=O) groups excluding carboxylic acids is 1. The number of rotatable bonds is 3. The monoisotopic (exact) mass is 338 g/mol. The first-order valence-electron chi connectivity index (χ1n) is 6.09. The Labute approximate surface area is 125 Å². The zero-order valence-electron chi connectivity index (χ0n) is 11.4. The number of hydrogen-bond donors (Lipinski definition) is 2. The van der Waals surface area contributed by atoms with E-state index in [1.165, 1.54) is 0 Å². The molecule has 1 aromatic heterocycles. The zero-order chi connectivity index (χ0) is 14.7. The van der Waals surface area contributed by atoms with Crippen LogP contribution in [0.3, 0.4) is 0 Å². The molecule has 1 atom stereocenters. The minimum Gasteiger partial charge on any atom is -0.337 e. The highest BCUT2D eigenvalue weighted by Gasteiger charge is 2.15. The Bertz CT molecular complexity index is 627. The number of benzene rings is 1. The van der Waals surface area contributed by atoms with Gasteiger partial charge in [0, 0.05) is 10.2 Å². The van der Waals surface area contributed by atoms with Crippen molar-refractivity contribution in [2.24, 2.45) is 0 Å². The van der Waals surface area contributed by atoms with E-state index in [0.717, 1.165) is 15.7 Å². The summed E-state index contributed by atoms with van der Waals surface area (Å²) in [5.74, 6) is 0.919. The Hall–Kier alpha value is -1.89. The largest absolute Gasteiger partial charge is 0.337 e. The minimum atomic E-state index is -0.354. The van der Waals surface area contributed by atoms with Gasteiger partial charge in [-0.25, -0.2) is 4.79 Å². The summed E-state index contributed by atoms with van der Waals surface area (Å²) in [7, 11) is 0. The van der Waals surface area contributed by atoms with Crippen LogP contribution in [0, 0.1) is 13.8 Å². The molecule has 1 aromatic carbocycles. The molecule has 2 aromatic rings. The van der Waals surface area contributed by atoms with Crippen LogP contribution in [0.2, 0.25) is 0 Å². The second-order valence-corrected chi connectivity index (χ2v) is 5.32. The summed E-state index contributed by atoms with van der Waals surface area (Å²) in [5.41, 5.74) is 1.76. The van der Waals surface area contributed by atoms with Crippen molar-refractivity contribution < 1.29 is 9.32 Å². The van der Waals surface area contributed by atoms with Gasteiger partial charge in [0.25, 0.3) is 0 Å². The average Bonchev–Trinajstić information content (AvgIpc) is 2.80. The van der Waals surface area contributed by atoms with Crippen LogP contribution in [0.5, 0.6) is 0 Å². The summed E-state index contributed by atoms with van der Waals surface area (Å²) in [6.45, 7) is 5.46. The Morgan fingerprint density at radius 3 is 2.75 bits per heavy atom. The standard InChI is InChI=1S/C13H15BrN4O2/c1-7-6-10(4-5-11(7)14)17-13(19)15-8(2)12-16-9(3)18-20-12/h4-6,8H,1-3H3,(H2,15,17,19). The molecule has 0 aliphatic rings. The predicted octanol–water partition coefficient (Wildman–Crippen LogP) is 3.33. The number of aromatic nitrogens is 2. The quantitative estimate of drug-likeness (QED) is 0.899. The summed E-state index contributed by atoms with van der Waals surface area (Å²) in [5, 5.41) is 9.18. The molecule has 0 saturated heterocycles. The molecule has 0 bridgehead atoms. The maximum atomic E-state index is 11.9. The molecule has 1 unspecified atom stereocenters. The zero-order valence-corrected chi connectivity index (χ0v) is 13.0. The maximum absolute atomic E-state index is 11.9. The van der Waals surface area contributed by atoms with Crippen molar-refractivity contribution in [3.8, 4) is 0 Å². The first-order chi connectivity index (χ1) is 9.45. The molecule has 0 aliphatic heterocycles. The number of anilines is 1. The molecule has 6 nitrogen and oxygen atoms in total. The molecule has 20 heavy (non-hydrogen) atoms. The molecule has 2 amide bonds. The number of halogens is 1. The van der Waals surface area contributed by atoms with E-state index in [1.54, 1.807) is 13.8 Å². The van der Waals surface area contributed by atoms with Crippen LogP contribution in [0.15, 0.2) is 27.2 Å². The molecular formula is C13H15BrN4O2. The van der Waals surface area contributed by atoms with Gasteiger partial charge in [0.2, 0.25) is 5.89 Å². The van der Waals surface area contributed by atoms with Crippen molar-refractivity contribution in [1.29, 1.82) is 0 Å². The van der Waals surface area contributed by atoms with Gasteiger partial charge in [0.05, 0.1) is 0 Å². The van der Waals surface area contributed by atoms with Crippen molar-refractivity contribution in [3.63, 3.8) is 0 Å². The van der Waals surface area contributed by atoms with Crippen molar-refractivity contribution >= 4 is 27.6 Å². The molecule has 0 aliphatic carbocycles. The second-order valence-electron chi connectivity index (χ2n) is 4.46. The normalized spacial score (nSPS) is 12.0. The van der Waals surface area contributed by atoms with Crippen molar-refractivity contribution in [1.82, 2.24) is 15.5 Å². The molecule has 0 fully saturated rings. The van der Waals surface area contributed by atoms with Gasteiger partial charge in [0.15, 0.2) is 5.82 Å². The number of aryl methyl sites for hydroxylation is 2. The predicted molar refractivity (Wildman–Crippen MR) is 78.5 cm³/mol. The van der Waals surface area contributed by atoms with Gasteiger partial charge in [0.1, 0.15) is 6.04 Å². The smallest absolute Gasteiger partial charge is 0.319 e. The summed E-state index contributed by atoms with van der Waals surface area (Å²) < 4.78 is 6.00. The molecule has 7 heteroatoms. The number of urea groups is 1. The highest BCUT2D eigenvalue weighted by atomic mass is 79.9. The lowest BCUT2D eigenvalue weighted by Gasteiger charge is -2.11. The fraction of sp³-hybridized carbons (Fsp3) is 0.308. The lowest BCUT2D eigenvalue weighted by molar-refractivity contribution is 0.245. The van der Waals surface area contributed by atoms with Gasteiger partial charge in [-0.1, -0.05) is 21.1 Å². The highest BCUT2D eigenvalue weighted by Crippen LogP contribution is 2.20. The van der Waals surface area contributed by atoms with E-state index in [9.17, 15) is 4.79 Å². The van der Waals surface area contributed by atoms with Crippen LogP contribution in [0.4, 0.5) is 10.5 Å². The van der Waals surface area contributed by atoms with Crippen molar-refractivity contribution in [2.75, 3.05) is 5.32 Å². The molecule has 106 valence electrons. The lowest BCUT2D eigenvalue weighted by Crippen LogP contribution is -2.31. The van der Waals surface area contributed by atoms with E-state index in [2.05, 4.69) is 36.7 Å². The summed E-state index contributed by atoms with van der Waals surface area (Å²) >= 11 is 3.41. The fourth-order valence-electron chi connectivity index (χ4n) is 1.64. The average molecular weight is 339 g/mol. The van der Waals surface area contributed by atoms with Crippen molar-refractivity contribution in [2.45, 2.75) is 26.8 Å². The van der Waals surface area contributed by atoms with Gasteiger partial charge in [-0.05, 0) is 44.5 Å². The third-order valence-corrected chi connectivity index (χ3v) is 3.57. The van der Waals surface area contributed by atoms with E-state index < -0.39 is 0 Å². The molecule has 2 N–H and O–H groups in total. The highest BCUT2D eigenvalue weighted by molar-refractivity contribution is 9.10. The summed E-state index contributed by atoms with van der Waals surface area (Å²) in [4.78, 5) is 15.9. The molecule has 0 spiro atoms. The Morgan fingerprint density at radius 2 is 2.15 bits per heavy atom. The van der Waals surface area contributed by atoms with Gasteiger partial charge < -0.3 is 15.2 Å². The minimum absolute atomic E-state index is 0.324. The van der Waals surface area contributed by atoms with Gasteiger partial charge >= 0.3 is 6.03 Å². The van der Waals surface area contributed by atoms with Crippen LogP contribution in [0.1, 0.15) is 30.2 Å². The first kappa shape index (κ1) is 14.5. The number of hydrogen-bond acceptors (Lipinski definition) is 4. The molecule has 1 heterocycles.